The Morgan fingerprint density at radius 1 is 1.50 bits per heavy atom. The van der Waals surface area contributed by atoms with E-state index in [9.17, 15) is 8.42 Å². The molecule has 1 N–H and O–H groups in total. The summed E-state index contributed by atoms with van der Waals surface area (Å²) in [7, 11) is -3.67. The zero-order valence-electron chi connectivity index (χ0n) is 4.09. The number of hydrogen-bond acceptors (Lipinski definition) is 2. The van der Waals surface area contributed by atoms with Crippen LogP contribution in [0.2, 0.25) is 0 Å². The summed E-state index contributed by atoms with van der Waals surface area (Å²) in [6, 6.07) is 0. The molecule has 0 aromatic carbocycles. The zero-order valence-corrected chi connectivity index (χ0v) is 4.90. The van der Waals surface area contributed by atoms with Crippen LogP contribution < -0.4 is 0 Å². The molecule has 3 nitrogen and oxygen atoms in total. The van der Waals surface area contributed by atoms with Crippen LogP contribution in [0.25, 0.3) is 0 Å². The SMILES string of the molecule is CCCS(=O)(=O)O.[NaH]. The Hall–Kier alpha value is 0.910. The van der Waals surface area contributed by atoms with Crippen LogP contribution in [0.4, 0.5) is 0 Å². The topological polar surface area (TPSA) is 54.4 Å². The van der Waals surface area contributed by atoms with Crippen LogP contribution in [0, 0.1) is 0 Å². The van der Waals surface area contributed by atoms with Gasteiger partial charge in [0.05, 0.1) is 5.75 Å². The van der Waals surface area contributed by atoms with Gasteiger partial charge in [0.25, 0.3) is 10.1 Å². The second-order valence-corrected chi connectivity index (χ2v) is 2.86. The van der Waals surface area contributed by atoms with Gasteiger partial charge in [0.2, 0.25) is 0 Å². The average Bonchev–Trinajstić information content (AvgIpc) is 1.30. The molecular formula is C3H9NaO3S. The van der Waals surface area contributed by atoms with Gasteiger partial charge in [-0.1, -0.05) is 6.92 Å². The van der Waals surface area contributed by atoms with Gasteiger partial charge in [-0.3, -0.25) is 4.55 Å². The van der Waals surface area contributed by atoms with E-state index in [1.165, 1.54) is 0 Å². The zero-order chi connectivity index (χ0) is 5.91. The van der Waals surface area contributed by atoms with Gasteiger partial charge in [-0.25, -0.2) is 0 Å². The summed E-state index contributed by atoms with van der Waals surface area (Å²) < 4.78 is 27.6. The molecule has 0 heterocycles. The van der Waals surface area contributed by atoms with E-state index in [4.69, 9.17) is 4.55 Å². The standard InChI is InChI=1S/C3H8O3S.Na.H/c1-2-3-7(4,5)6;;/h2-3H2,1H3,(H,4,5,6);;. The van der Waals surface area contributed by atoms with Crippen molar-refractivity contribution in [1.82, 2.24) is 0 Å². The Bertz CT molecular complexity index is 127. The molecule has 0 aliphatic rings. The second kappa shape index (κ2) is 4.76. The molecule has 0 aromatic heterocycles. The van der Waals surface area contributed by atoms with Crippen molar-refractivity contribution in [1.29, 1.82) is 0 Å². The summed E-state index contributed by atoms with van der Waals surface area (Å²) in [5.41, 5.74) is 0. The van der Waals surface area contributed by atoms with Crippen molar-refractivity contribution in [3.63, 3.8) is 0 Å². The summed E-state index contributed by atoms with van der Waals surface area (Å²) in [6.07, 6.45) is 0.471. The first-order valence-electron chi connectivity index (χ1n) is 2.01. The molecule has 0 radical (unpaired) electrons. The molecule has 46 valence electrons. The van der Waals surface area contributed by atoms with E-state index >= 15 is 0 Å². The first-order chi connectivity index (χ1) is 3.06. The predicted octanol–water partition coefficient (Wildman–Crippen LogP) is -0.364. The van der Waals surface area contributed by atoms with E-state index < -0.39 is 10.1 Å². The first kappa shape index (κ1) is 11.7. The van der Waals surface area contributed by atoms with Crippen LogP contribution in [0.3, 0.4) is 0 Å². The summed E-state index contributed by atoms with van der Waals surface area (Å²) in [5, 5.41) is 0. The molecule has 0 atom stereocenters. The van der Waals surface area contributed by atoms with Gasteiger partial charge in [-0.05, 0) is 6.42 Å². The number of rotatable bonds is 2. The van der Waals surface area contributed by atoms with Gasteiger partial charge in [0.1, 0.15) is 0 Å². The molecule has 0 fully saturated rings. The van der Waals surface area contributed by atoms with E-state index in [0.717, 1.165) is 0 Å². The van der Waals surface area contributed by atoms with Gasteiger partial charge in [0.15, 0.2) is 0 Å². The third-order valence-corrected chi connectivity index (χ3v) is 1.39. The molecule has 0 spiro atoms. The van der Waals surface area contributed by atoms with Crippen LogP contribution in [-0.2, 0) is 10.1 Å². The Morgan fingerprint density at radius 2 is 1.88 bits per heavy atom. The molecule has 0 unspecified atom stereocenters. The van der Waals surface area contributed by atoms with Gasteiger partial charge in [-0.15, -0.1) is 0 Å². The normalized spacial score (nSPS) is 10.2. The average molecular weight is 148 g/mol. The van der Waals surface area contributed by atoms with Crippen molar-refractivity contribution >= 4 is 39.7 Å². The van der Waals surface area contributed by atoms with Crippen molar-refractivity contribution in [2.75, 3.05) is 5.75 Å². The molecule has 0 saturated heterocycles. The molecule has 0 aromatic rings. The van der Waals surface area contributed by atoms with E-state index in [1.54, 1.807) is 6.92 Å². The quantitative estimate of drug-likeness (QED) is 0.429. The van der Waals surface area contributed by atoms with Gasteiger partial charge < -0.3 is 0 Å². The van der Waals surface area contributed by atoms with Crippen LogP contribution >= 0.6 is 0 Å². The van der Waals surface area contributed by atoms with E-state index in [0.29, 0.717) is 6.42 Å². The van der Waals surface area contributed by atoms with E-state index in [-0.39, 0.29) is 35.3 Å². The Labute approximate surface area is 71.5 Å². The summed E-state index contributed by atoms with van der Waals surface area (Å²) >= 11 is 0. The third kappa shape index (κ3) is 10.0. The number of hydrogen-bond donors (Lipinski definition) is 1. The third-order valence-electron chi connectivity index (χ3n) is 0.462. The molecule has 0 bridgehead atoms. The molecule has 0 rings (SSSR count). The van der Waals surface area contributed by atoms with Crippen molar-refractivity contribution < 1.29 is 13.0 Å². The summed E-state index contributed by atoms with van der Waals surface area (Å²) in [5.74, 6) is -0.132. The Balaban J connectivity index is 0. The Kier molecular flexibility index (Phi) is 6.94. The van der Waals surface area contributed by atoms with Crippen LogP contribution in [0.5, 0.6) is 0 Å². The fraction of sp³-hybridized carbons (Fsp3) is 1.00. The molecular weight excluding hydrogens is 139 g/mol. The minimum atomic E-state index is -3.67. The fourth-order valence-electron chi connectivity index (χ4n) is 0.258. The Morgan fingerprint density at radius 3 is 1.88 bits per heavy atom. The maximum atomic E-state index is 9.79. The van der Waals surface area contributed by atoms with Crippen LogP contribution in [0.1, 0.15) is 13.3 Å². The van der Waals surface area contributed by atoms with Crippen molar-refractivity contribution in [2.45, 2.75) is 13.3 Å². The van der Waals surface area contributed by atoms with E-state index in [1.807, 2.05) is 0 Å². The van der Waals surface area contributed by atoms with Crippen molar-refractivity contribution in [3.05, 3.63) is 0 Å². The van der Waals surface area contributed by atoms with Gasteiger partial charge in [-0.2, -0.15) is 8.42 Å². The molecule has 0 aliphatic heterocycles. The maximum absolute atomic E-state index is 9.79. The van der Waals surface area contributed by atoms with Gasteiger partial charge in [0, 0.05) is 0 Å². The molecule has 0 amide bonds. The monoisotopic (exact) mass is 148 g/mol. The second-order valence-electron chi connectivity index (χ2n) is 1.29. The van der Waals surface area contributed by atoms with E-state index in [2.05, 4.69) is 0 Å². The summed E-state index contributed by atoms with van der Waals surface area (Å²) in [4.78, 5) is 0. The van der Waals surface area contributed by atoms with Crippen molar-refractivity contribution in [2.24, 2.45) is 0 Å². The van der Waals surface area contributed by atoms with Gasteiger partial charge >= 0.3 is 29.6 Å². The molecule has 0 aliphatic carbocycles. The molecule has 5 heteroatoms. The molecule has 8 heavy (non-hydrogen) atoms. The fourth-order valence-corrected chi connectivity index (χ4v) is 0.774. The predicted molar refractivity (Wildman–Crippen MR) is 33.9 cm³/mol. The van der Waals surface area contributed by atoms with Crippen LogP contribution in [-0.4, -0.2) is 48.3 Å². The summed E-state index contributed by atoms with van der Waals surface area (Å²) in [6.45, 7) is 1.69. The minimum absolute atomic E-state index is 0. The first-order valence-corrected chi connectivity index (χ1v) is 3.62. The van der Waals surface area contributed by atoms with Crippen molar-refractivity contribution in [3.8, 4) is 0 Å². The van der Waals surface area contributed by atoms with Crippen LogP contribution in [0.15, 0.2) is 0 Å². The molecule has 0 saturated carbocycles.